The van der Waals surface area contributed by atoms with E-state index in [1.54, 1.807) is 6.07 Å². The van der Waals surface area contributed by atoms with Gasteiger partial charge in [-0.15, -0.1) is 0 Å². The number of hydrogen-bond donors (Lipinski definition) is 1. The zero-order valence-corrected chi connectivity index (χ0v) is 14.2. The summed E-state index contributed by atoms with van der Waals surface area (Å²) in [6.45, 7) is 5.79. The summed E-state index contributed by atoms with van der Waals surface area (Å²) in [4.78, 5) is 0. The number of nitrogens with zero attached hydrogens (tertiary/aromatic N) is 2. The van der Waals surface area contributed by atoms with Crippen LogP contribution >= 0.6 is 23.2 Å². The zero-order chi connectivity index (χ0) is 15.4. The number of aryl methyl sites for hydroxylation is 1. The van der Waals surface area contributed by atoms with Gasteiger partial charge in [0, 0.05) is 17.8 Å². The van der Waals surface area contributed by atoms with Crippen LogP contribution in [-0.4, -0.2) is 16.8 Å². The lowest BCUT2D eigenvalue weighted by Crippen LogP contribution is -2.10. The summed E-state index contributed by atoms with van der Waals surface area (Å²) in [5.41, 5.74) is 4.72. The maximum absolute atomic E-state index is 6.29. The molecule has 5 heteroatoms. The molecule has 1 heterocycles. The third kappa shape index (κ3) is 3.42. The molecule has 0 spiro atoms. The van der Waals surface area contributed by atoms with Crippen molar-refractivity contribution in [1.29, 1.82) is 0 Å². The van der Waals surface area contributed by atoms with Crippen molar-refractivity contribution in [2.75, 3.05) is 7.05 Å². The predicted octanol–water partition coefficient (Wildman–Crippen LogP) is 4.08. The Kier molecular flexibility index (Phi) is 5.68. The van der Waals surface area contributed by atoms with Crippen LogP contribution in [0, 0.1) is 0 Å². The smallest absolute Gasteiger partial charge is 0.0677 e. The van der Waals surface area contributed by atoms with Gasteiger partial charge in [-0.3, -0.25) is 4.68 Å². The molecular formula is C16H21Cl2N3. The van der Waals surface area contributed by atoms with E-state index in [0.29, 0.717) is 16.6 Å². The van der Waals surface area contributed by atoms with Crippen LogP contribution in [-0.2, 0) is 25.9 Å². The number of rotatable bonds is 6. The van der Waals surface area contributed by atoms with Crippen LogP contribution in [0.2, 0.25) is 10.0 Å². The van der Waals surface area contributed by atoms with Gasteiger partial charge in [0.1, 0.15) is 0 Å². The molecule has 0 saturated carbocycles. The van der Waals surface area contributed by atoms with Gasteiger partial charge < -0.3 is 5.32 Å². The van der Waals surface area contributed by atoms with Gasteiger partial charge in [-0.05, 0) is 31.5 Å². The molecule has 21 heavy (non-hydrogen) atoms. The highest BCUT2D eigenvalue weighted by Gasteiger charge is 2.16. The first-order valence-electron chi connectivity index (χ1n) is 7.27. The molecular weight excluding hydrogens is 305 g/mol. The Hall–Kier alpha value is -1.03. The lowest BCUT2D eigenvalue weighted by atomic mass is 10.1. The minimum Gasteiger partial charge on any atom is -0.316 e. The van der Waals surface area contributed by atoms with E-state index in [-0.39, 0.29) is 0 Å². The summed E-state index contributed by atoms with van der Waals surface area (Å²) in [5.74, 6) is 0. The van der Waals surface area contributed by atoms with E-state index in [0.717, 1.165) is 30.6 Å². The molecule has 2 aromatic rings. The largest absolute Gasteiger partial charge is 0.316 e. The molecule has 0 aliphatic rings. The van der Waals surface area contributed by atoms with Crippen molar-refractivity contribution in [3.63, 3.8) is 0 Å². The Bertz CT molecular complexity index is 620. The highest BCUT2D eigenvalue weighted by Crippen LogP contribution is 2.27. The fourth-order valence-electron chi connectivity index (χ4n) is 2.61. The molecule has 0 bridgehead atoms. The van der Waals surface area contributed by atoms with Gasteiger partial charge in [0.25, 0.3) is 0 Å². The molecule has 0 saturated heterocycles. The second kappa shape index (κ2) is 7.30. The van der Waals surface area contributed by atoms with Crippen LogP contribution in [0.25, 0.3) is 0 Å². The van der Waals surface area contributed by atoms with Gasteiger partial charge in [-0.25, -0.2) is 0 Å². The van der Waals surface area contributed by atoms with E-state index in [4.69, 9.17) is 28.3 Å². The Morgan fingerprint density at radius 2 is 1.95 bits per heavy atom. The molecule has 1 aromatic heterocycles. The highest BCUT2D eigenvalue weighted by molar-refractivity contribution is 6.42. The molecule has 0 amide bonds. The summed E-state index contributed by atoms with van der Waals surface area (Å²) in [5, 5.41) is 9.19. The van der Waals surface area contributed by atoms with E-state index in [9.17, 15) is 0 Å². The van der Waals surface area contributed by atoms with Crippen molar-refractivity contribution in [2.24, 2.45) is 0 Å². The molecule has 0 atom stereocenters. The maximum Gasteiger partial charge on any atom is 0.0677 e. The van der Waals surface area contributed by atoms with Gasteiger partial charge in [0.15, 0.2) is 0 Å². The normalized spacial score (nSPS) is 11.1. The monoisotopic (exact) mass is 325 g/mol. The quantitative estimate of drug-likeness (QED) is 0.867. The average molecular weight is 326 g/mol. The Balaban J connectivity index is 2.42. The molecule has 0 aliphatic carbocycles. The van der Waals surface area contributed by atoms with Crippen molar-refractivity contribution in [1.82, 2.24) is 15.1 Å². The standard InChI is InChI=1S/C16H21Cl2N3/c1-4-14-12(9-19-3)15(5-2)21(20-14)10-11-7-6-8-13(17)16(11)18/h6-8,19H,4-5,9-10H2,1-3H3. The van der Waals surface area contributed by atoms with Crippen molar-refractivity contribution in [3.05, 3.63) is 50.8 Å². The first kappa shape index (κ1) is 16.3. The summed E-state index contributed by atoms with van der Waals surface area (Å²) in [6.07, 6.45) is 1.88. The lowest BCUT2D eigenvalue weighted by Gasteiger charge is -2.10. The summed E-state index contributed by atoms with van der Waals surface area (Å²) in [7, 11) is 1.96. The number of hydrogen-bond acceptors (Lipinski definition) is 2. The van der Waals surface area contributed by atoms with Crippen molar-refractivity contribution >= 4 is 23.2 Å². The third-order valence-electron chi connectivity index (χ3n) is 3.62. The first-order chi connectivity index (χ1) is 10.1. The second-order valence-corrected chi connectivity index (χ2v) is 5.77. The number of halogens is 2. The highest BCUT2D eigenvalue weighted by atomic mass is 35.5. The van der Waals surface area contributed by atoms with Gasteiger partial charge in [0.2, 0.25) is 0 Å². The molecule has 3 nitrogen and oxygen atoms in total. The Labute approximate surface area is 136 Å². The van der Waals surface area contributed by atoms with Crippen LogP contribution < -0.4 is 5.32 Å². The van der Waals surface area contributed by atoms with Crippen LogP contribution in [0.4, 0.5) is 0 Å². The molecule has 2 rings (SSSR count). The number of aromatic nitrogens is 2. The van der Waals surface area contributed by atoms with E-state index < -0.39 is 0 Å². The summed E-state index contributed by atoms with van der Waals surface area (Å²) in [6, 6.07) is 5.73. The molecule has 1 N–H and O–H groups in total. The molecule has 0 aliphatic heterocycles. The van der Waals surface area contributed by atoms with Gasteiger partial charge >= 0.3 is 0 Å². The minimum atomic E-state index is 0.588. The van der Waals surface area contributed by atoms with E-state index in [2.05, 4.69) is 23.8 Å². The molecule has 0 radical (unpaired) electrons. The van der Waals surface area contributed by atoms with Gasteiger partial charge in [0.05, 0.1) is 22.3 Å². The number of nitrogens with one attached hydrogen (secondary N) is 1. The topological polar surface area (TPSA) is 29.9 Å². The summed E-state index contributed by atoms with van der Waals surface area (Å²) >= 11 is 12.4. The van der Waals surface area contributed by atoms with Crippen molar-refractivity contribution in [2.45, 2.75) is 39.8 Å². The fraction of sp³-hybridized carbons (Fsp3) is 0.438. The summed E-state index contributed by atoms with van der Waals surface area (Å²) < 4.78 is 2.06. The van der Waals surface area contributed by atoms with Crippen LogP contribution in [0.1, 0.15) is 36.4 Å². The molecule has 0 unspecified atom stereocenters. The van der Waals surface area contributed by atoms with Crippen LogP contribution in [0.5, 0.6) is 0 Å². The van der Waals surface area contributed by atoms with Crippen molar-refractivity contribution in [3.8, 4) is 0 Å². The van der Waals surface area contributed by atoms with E-state index in [1.165, 1.54) is 11.3 Å². The number of benzene rings is 1. The first-order valence-corrected chi connectivity index (χ1v) is 8.02. The maximum atomic E-state index is 6.29. The van der Waals surface area contributed by atoms with Crippen LogP contribution in [0.3, 0.4) is 0 Å². The van der Waals surface area contributed by atoms with Gasteiger partial charge in [-0.1, -0.05) is 49.2 Å². The lowest BCUT2D eigenvalue weighted by molar-refractivity contribution is 0.638. The van der Waals surface area contributed by atoms with Crippen LogP contribution in [0.15, 0.2) is 18.2 Å². The van der Waals surface area contributed by atoms with Gasteiger partial charge in [-0.2, -0.15) is 5.10 Å². The predicted molar refractivity (Wildman–Crippen MR) is 89.3 cm³/mol. The SMILES string of the molecule is CCc1nn(Cc2cccc(Cl)c2Cl)c(CC)c1CNC. The molecule has 0 fully saturated rings. The second-order valence-electron chi connectivity index (χ2n) is 4.98. The minimum absolute atomic E-state index is 0.588. The third-order valence-corrected chi connectivity index (χ3v) is 4.48. The fourth-order valence-corrected chi connectivity index (χ4v) is 2.99. The Morgan fingerprint density at radius 3 is 2.57 bits per heavy atom. The molecule has 1 aromatic carbocycles. The molecule has 114 valence electrons. The van der Waals surface area contributed by atoms with E-state index >= 15 is 0 Å². The van der Waals surface area contributed by atoms with Crippen molar-refractivity contribution < 1.29 is 0 Å². The van der Waals surface area contributed by atoms with E-state index in [1.807, 2.05) is 19.2 Å². The zero-order valence-electron chi connectivity index (χ0n) is 12.7. The average Bonchev–Trinajstić information content (AvgIpc) is 2.81. The Morgan fingerprint density at radius 1 is 1.19 bits per heavy atom.